The lowest BCUT2D eigenvalue weighted by Gasteiger charge is -2.29. The maximum atomic E-state index is 5.64. The number of likely N-dealkylation sites (tertiary alicyclic amines) is 1. The van der Waals surface area contributed by atoms with Gasteiger partial charge in [0.1, 0.15) is 0 Å². The summed E-state index contributed by atoms with van der Waals surface area (Å²) in [5.41, 5.74) is 8.88. The second-order valence-corrected chi connectivity index (χ2v) is 7.83. The minimum atomic E-state index is 0.341. The monoisotopic (exact) mass is 369 g/mol. The highest BCUT2D eigenvalue weighted by atomic mass is 32.1. The molecule has 3 aromatic rings. The highest BCUT2D eigenvalue weighted by Gasteiger charge is 2.25. The predicted octanol–water partition coefficient (Wildman–Crippen LogP) is 3.34. The van der Waals surface area contributed by atoms with Gasteiger partial charge in [0.25, 0.3) is 0 Å². The Morgan fingerprint density at radius 3 is 2.62 bits per heavy atom. The summed E-state index contributed by atoms with van der Waals surface area (Å²) >= 11 is 1.72. The van der Waals surface area contributed by atoms with Crippen LogP contribution in [0.15, 0.2) is 34.2 Å². The Balaban J connectivity index is 1.36. The summed E-state index contributed by atoms with van der Waals surface area (Å²) in [5.74, 6) is 1.75. The van der Waals surface area contributed by atoms with Crippen LogP contribution in [-0.2, 0) is 13.1 Å². The fourth-order valence-electron chi connectivity index (χ4n) is 3.36. The summed E-state index contributed by atoms with van der Waals surface area (Å²) in [5, 5.41) is 7.45. The summed E-state index contributed by atoms with van der Waals surface area (Å²) in [7, 11) is 0. The Bertz CT molecular complexity index is 849. The van der Waals surface area contributed by atoms with Crippen LogP contribution in [-0.4, -0.2) is 33.1 Å². The highest BCUT2D eigenvalue weighted by molar-refractivity contribution is 7.09. The molecule has 1 saturated heterocycles. The van der Waals surface area contributed by atoms with Crippen molar-refractivity contribution in [2.45, 2.75) is 38.8 Å². The number of aryl methyl sites for hydroxylation is 1. The molecule has 0 bridgehead atoms. The van der Waals surface area contributed by atoms with E-state index in [1.807, 2.05) is 24.3 Å². The van der Waals surface area contributed by atoms with Crippen LogP contribution in [0.5, 0.6) is 0 Å². The molecule has 0 spiro atoms. The van der Waals surface area contributed by atoms with Gasteiger partial charge in [0.15, 0.2) is 0 Å². The van der Waals surface area contributed by atoms with Gasteiger partial charge in [0, 0.05) is 30.0 Å². The highest BCUT2D eigenvalue weighted by Crippen LogP contribution is 2.29. The predicted molar refractivity (Wildman–Crippen MR) is 102 cm³/mol. The van der Waals surface area contributed by atoms with Gasteiger partial charge in [-0.1, -0.05) is 29.4 Å². The zero-order valence-electron chi connectivity index (χ0n) is 14.9. The Hall–Kier alpha value is -2.09. The van der Waals surface area contributed by atoms with E-state index >= 15 is 0 Å². The quantitative estimate of drug-likeness (QED) is 0.743. The van der Waals surface area contributed by atoms with E-state index in [1.165, 1.54) is 5.69 Å². The minimum Gasteiger partial charge on any atom is -0.339 e. The van der Waals surface area contributed by atoms with E-state index < -0.39 is 0 Å². The standard InChI is InChI=1S/C19H23N5OS/c1-13-21-17(12-26-13)11-24-8-6-16(7-9-24)19-22-18(23-25-19)15-4-2-14(10-20)3-5-15/h2-5,12,16H,6-11,20H2,1H3. The van der Waals surface area contributed by atoms with Crippen LogP contribution in [0.4, 0.5) is 0 Å². The lowest BCUT2D eigenvalue weighted by molar-refractivity contribution is 0.186. The molecule has 6 nitrogen and oxygen atoms in total. The number of nitrogens with two attached hydrogens (primary N) is 1. The zero-order valence-corrected chi connectivity index (χ0v) is 15.7. The Morgan fingerprint density at radius 2 is 1.96 bits per heavy atom. The lowest BCUT2D eigenvalue weighted by Crippen LogP contribution is -2.32. The molecule has 0 amide bonds. The third-order valence-corrected chi connectivity index (χ3v) is 5.70. The van der Waals surface area contributed by atoms with Gasteiger partial charge in [-0.05, 0) is 38.4 Å². The van der Waals surface area contributed by atoms with Crippen molar-refractivity contribution in [1.29, 1.82) is 0 Å². The van der Waals surface area contributed by atoms with Gasteiger partial charge in [-0.2, -0.15) is 4.98 Å². The topological polar surface area (TPSA) is 81.1 Å². The first-order chi connectivity index (χ1) is 12.7. The molecule has 7 heteroatoms. The van der Waals surface area contributed by atoms with Gasteiger partial charge in [-0.25, -0.2) is 4.98 Å². The smallest absolute Gasteiger partial charge is 0.230 e. The third-order valence-electron chi connectivity index (χ3n) is 4.88. The molecule has 4 rings (SSSR count). The van der Waals surface area contributed by atoms with E-state index in [0.29, 0.717) is 18.3 Å². The Labute approximate surface area is 157 Å². The molecule has 0 unspecified atom stereocenters. The maximum Gasteiger partial charge on any atom is 0.230 e. The molecule has 1 aliphatic heterocycles. The van der Waals surface area contributed by atoms with Crippen LogP contribution in [0, 0.1) is 6.92 Å². The van der Waals surface area contributed by atoms with Crippen molar-refractivity contribution in [3.05, 3.63) is 51.8 Å². The molecule has 0 saturated carbocycles. The van der Waals surface area contributed by atoms with Crippen molar-refractivity contribution < 1.29 is 4.52 Å². The lowest BCUT2D eigenvalue weighted by atomic mass is 9.96. The second kappa shape index (κ2) is 7.65. The number of aromatic nitrogens is 3. The summed E-state index contributed by atoms with van der Waals surface area (Å²) < 4.78 is 5.56. The Morgan fingerprint density at radius 1 is 1.19 bits per heavy atom. The van der Waals surface area contributed by atoms with Crippen LogP contribution in [0.3, 0.4) is 0 Å². The molecule has 1 aromatic carbocycles. The normalized spacial score (nSPS) is 16.2. The first-order valence-electron chi connectivity index (χ1n) is 8.97. The summed E-state index contributed by atoms with van der Waals surface area (Å²) in [6.07, 6.45) is 2.08. The Kier molecular flexibility index (Phi) is 5.10. The molecule has 0 atom stereocenters. The molecule has 2 aromatic heterocycles. The van der Waals surface area contributed by atoms with Crippen LogP contribution >= 0.6 is 11.3 Å². The van der Waals surface area contributed by atoms with Crippen LogP contribution in [0.25, 0.3) is 11.4 Å². The van der Waals surface area contributed by atoms with E-state index in [-0.39, 0.29) is 0 Å². The van der Waals surface area contributed by atoms with E-state index in [2.05, 4.69) is 32.3 Å². The van der Waals surface area contributed by atoms with E-state index in [9.17, 15) is 0 Å². The average molecular weight is 369 g/mol. The fourth-order valence-corrected chi connectivity index (χ4v) is 3.96. The number of thiazole rings is 1. The van der Waals surface area contributed by atoms with Gasteiger partial charge in [0.2, 0.25) is 11.7 Å². The fraction of sp³-hybridized carbons (Fsp3) is 0.421. The second-order valence-electron chi connectivity index (χ2n) is 6.77. The largest absolute Gasteiger partial charge is 0.339 e. The van der Waals surface area contributed by atoms with Crippen molar-refractivity contribution >= 4 is 11.3 Å². The van der Waals surface area contributed by atoms with Gasteiger partial charge < -0.3 is 10.3 Å². The SMILES string of the molecule is Cc1nc(CN2CCC(c3nc(-c4ccc(CN)cc4)no3)CC2)cs1. The summed E-state index contributed by atoms with van der Waals surface area (Å²) in [6.45, 7) is 5.59. The number of hydrogen-bond acceptors (Lipinski definition) is 7. The number of piperidine rings is 1. The summed E-state index contributed by atoms with van der Waals surface area (Å²) in [6, 6.07) is 8.00. The first-order valence-corrected chi connectivity index (χ1v) is 9.85. The molecule has 0 aliphatic carbocycles. The third kappa shape index (κ3) is 3.85. The van der Waals surface area contributed by atoms with Crippen molar-refractivity contribution in [3.63, 3.8) is 0 Å². The number of benzene rings is 1. The molecule has 0 radical (unpaired) electrons. The van der Waals surface area contributed by atoms with Crippen molar-refractivity contribution in [2.24, 2.45) is 5.73 Å². The molecule has 26 heavy (non-hydrogen) atoms. The minimum absolute atomic E-state index is 0.341. The molecular weight excluding hydrogens is 346 g/mol. The van der Waals surface area contributed by atoms with Crippen molar-refractivity contribution in [2.75, 3.05) is 13.1 Å². The van der Waals surface area contributed by atoms with E-state index in [0.717, 1.165) is 54.5 Å². The van der Waals surface area contributed by atoms with Crippen LogP contribution in [0.2, 0.25) is 0 Å². The number of rotatable bonds is 5. The van der Waals surface area contributed by atoms with Gasteiger partial charge in [0.05, 0.1) is 10.7 Å². The van der Waals surface area contributed by atoms with Gasteiger partial charge in [-0.15, -0.1) is 11.3 Å². The van der Waals surface area contributed by atoms with Gasteiger partial charge in [-0.3, -0.25) is 4.90 Å². The molecule has 2 N–H and O–H groups in total. The van der Waals surface area contributed by atoms with Crippen LogP contribution in [0.1, 0.15) is 40.9 Å². The van der Waals surface area contributed by atoms with E-state index in [1.54, 1.807) is 11.3 Å². The first kappa shape index (κ1) is 17.3. The molecule has 136 valence electrons. The van der Waals surface area contributed by atoms with Crippen LogP contribution < -0.4 is 5.73 Å². The molecular formula is C19H23N5OS. The average Bonchev–Trinajstić information content (AvgIpc) is 3.32. The molecule has 1 fully saturated rings. The maximum absolute atomic E-state index is 5.64. The molecule has 1 aliphatic rings. The van der Waals surface area contributed by atoms with Crippen molar-refractivity contribution in [3.8, 4) is 11.4 Å². The van der Waals surface area contributed by atoms with E-state index in [4.69, 9.17) is 10.3 Å². The summed E-state index contributed by atoms with van der Waals surface area (Å²) in [4.78, 5) is 11.6. The molecule has 3 heterocycles. The van der Waals surface area contributed by atoms with Crippen molar-refractivity contribution in [1.82, 2.24) is 20.0 Å². The number of nitrogens with zero attached hydrogens (tertiary/aromatic N) is 4. The number of hydrogen-bond donors (Lipinski definition) is 1. The van der Waals surface area contributed by atoms with Gasteiger partial charge >= 0.3 is 0 Å². The zero-order chi connectivity index (χ0) is 17.9.